The molecule has 0 bridgehead atoms. The molecule has 1 atom stereocenters. The minimum atomic E-state index is -3.77. The largest absolute Gasteiger partial charge is 0.497 e. The van der Waals surface area contributed by atoms with Gasteiger partial charge in [-0.1, -0.05) is 5.16 Å². The molecule has 10 heteroatoms. The zero-order valence-corrected chi connectivity index (χ0v) is 18.4. The quantitative estimate of drug-likeness (QED) is 0.705. The van der Waals surface area contributed by atoms with Gasteiger partial charge >= 0.3 is 0 Å². The molecule has 0 radical (unpaired) electrons. The number of nitrogens with zero attached hydrogens (tertiary/aromatic N) is 2. The summed E-state index contributed by atoms with van der Waals surface area (Å²) in [6, 6.07) is 5.39. The summed E-state index contributed by atoms with van der Waals surface area (Å²) in [7, 11) is -0.642. The fourth-order valence-electron chi connectivity index (χ4n) is 3.65. The number of piperidine rings is 1. The number of nitrogens with one attached hydrogen (secondary N) is 1. The maximum absolute atomic E-state index is 13.0. The zero-order chi connectivity index (χ0) is 21.9. The molecule has 164 valence electrons. The van der Waals surface area contributed by atoms with Crippen molar-refractivity contribution in [3.05, 3.63) is 35.2 Å². The van der Waals surface area contributed by atoms with E-state index in [1.54, 1.807) is 34.1 Å². The Kier molecular flexibility index (Phi) is 6.67. The van der Waals surface area contributed by atoms with Gasteiger partial charge in [-0.3, -0.25) is 4.79 Å². The van der Waals surface area contributed by atoms with Crippen molar-refractivity contribution in [1.29, 1.82) is 0 Å². The van der Waals surface area contributed by atoms with Crippen LogP contribution in [0.15, 0.2) is 27.6 Å². The number of rotatable bonds is 7. The highest BCUT2D eigenvalue weighted by molar-refractivity contribution is 7.89. The molecule has 1 aliphatic heterocycles. The van der Waals surface area contributed by atoms with Gasteiger partial charge < -0.3 is 19.3 Å². The Balaban J connectivity index is 1.68. The third-order valence-electron chi connectivity index (χ3n) is 5.20. The Bertz CT molecular complexity index is 976. The maximum Gasteiger partial charge on any atom is 0.248 e. The monoisotopic (exact) mass is 437 g/mol. The molecule has 1 unspecified atom stereocenters. The second-order valence-corrected chi connectivity index (χ2v) is 9.17. The first kappa shape index (κ1) is 22.1. The number of ether oxygens (including phenoxy) is 2. The van der Waals surface area contributed by atoms with Crippen LogP contribution >= 0.6 is 0 Å². The van der Waals surface area contributed by atoms with Gasteiger partial charge in [0.05, 0.1) is 20.1 Å². The van der Waals surface area contributed by atoms with E-state index in [2.05, 4.69) is 10.5 Å². The summed E-state index contributed by atoms with van der Waals surface area (Å²) in [5, 5.41) is 6.64. The minimum Gasteiger partial charge on any atom is -0.497 e. The first-order valence-corrected chi connectivity index (χ1v) is 11.1. The van der Waals surface area contributed by atoms with Crippen molar-refractivity contribution in [2.45, 2.75) is 38.1 Å². The fourth-order valence-corrected chi connectivity index (χ4v) is 5.46. The van der Waals surface area contributed by atoms with Crippen molar-refractivity contribution >= 4 is 15.9 Å². The average Bonchev–Trinajstić information content (AvgIpc) is 3.10. The molecule has 1 N–H and O–H groups in total. The summed E-state index contributed by atoms with van der Waals surface area (Å²) in [5.41, 5.74) is 1.15. The van der Waals surface area contributed by atoms with Crippen LogP contribution in [0.5, 0.6) is 11.5 Å². The van der Waals surface area contributed by atoms with Crippen molar-refractivity contribution in [3.8, 4) is 11.5 Å². The third kappa shape index (κ3) is 4.59. The van der Waals surface area contributed by atoms with Crippen LogP contribution in [-0.2, 0) is 21.4 Å². The highest BCUT2D eigenvalue weighted by Crippen LogP contribution is 2.28. The summed E-state index contributed by atoms with van der Waals surface area (Å²) in [5.74, 6) is 0.906. The van der Waals surface area contributed by atoms with Crippen LogP contribution in [0.2, 0.25) is 0 Å². The zero-order valence-electron chi connectivity index (χ0n) is 17.6. The fraction of sp³-hybridized carbons (Fsp3) is 0.500. The molecule has 1 amide bonds. The number of sulfonamides is 1. The SMILES string of the molecule is COc1cc(CNC(=O)C2CCCN(S(=O)(=O)c3c(C)noc3C)C2)cc(OC)c1. The predicted molar refractivity (Wildman–Crippen MR) is 109 cm³/mol. The van der Waals surface area contributed by atoms with Crippen LogP contribution in [0.25, 0.3) is 0 Å². The second kappa shape index (κ2) is 9.05. The number of aryl methyl sites for hydroxylation is 2. The lowest BCUT2D eigenvalue weighted by atomic mass is 9.98. The Hall–Kier alpha value is -2.59. The van der Waals surface area contributed by atoms with Gasteiger partial charge in [0.15, 0.2) is 5.76 Å². The van der Waals surface area contributed by atoms with Crippen molar-refractivity contribution in [2.75, 3.05) is 27.3 Å². The van der Waals surface area contributed by atoms with E-state index >= 15 is 0 Å². The summed E-state index contributed by atoms with van der Waals surface area (Å²) in [4.78, 5) is 12.8. The van der Waals surface area contributed by atoms with E-state index in [0.29, 0.717) is 43.1 Å². The Morgan fingerprint density at radius 3 is 2.47 bits per heavy atom. The van der Waals surface area contributed by atoms with Crippen molar-refractivity contribution in [2.24, 2.45) is 5.92 Å². The molecule has 1 aromatic heterocycles. The molecule has 3 rings (SSSR count). The van der Waals surface area contributed by atoms with Gasteiger partial charge in [0, 0.05) is 25.7 Å². The van der Waals surface area contributed by atoms with Crippen molar-refractivity contribution in [3.63, 3.8) is 0 Å². The second-order valence-electron chi connectivity index (χ2n) is 7.29. The van der Waals surface area contributed by atoms with Gasteiger partial charge in [0.2, 0.25) is 15.9 Å². The van der Waals surface area contributed by atoms with Crippen LogP contribution in [0.4, 0.5) is 0 Å². The van der Waals surface area contributed by atoms with E-state index in [4.69, 9.17) is 14.0 Å². The number of hydrogen-bond donors (Lipinski definition) is 1. The maximum atomic E-state index is 13.0. The number of aromatic nitrogens is 1. The molecule has 0 aliphatic carbocycles. The number of benzene rings is 1. The van der Waals surface area contributed by atoms with Gasteiger partial charge in [0.25, 0.3) is 0 Å². The molecular weight excluding hydrogens is 410 g/mol. The lowest BCUT2D eigenvalue weighted by Gasteiger charge is -2.31. The number of amides is 1. The molecule has 0 saturated carbocycles. The summed E-state index contributed by atoms with van der Waals surface area (Å²) >= 11 is 0. The summed E-state index contributed by atoms with van der Waals surface area (Å²) in [6.45, 7) is 3.95. The number of carbonyl (C=O) groups excluding carboxylic acids is 1. The van der Waals surface area contributed by atoms with Crippen LogP contribution < -0.4 is 14.8 Å². The molecular formula is C20H27N3O6S. The van der Waals surface area contributed by atoms with Crippen molar-refractivity contribution < 1.29 is 27.2 Å². The molecule has 2 heterocycles. The van der Waals surface area contributed by atoms with E-state index in [1.165, 1.54) is 4.31 Å². The topological polar surface area (TPSA) is 111 Å². The van der Waals surface area contributed by atoms with Gasteiger partial charge in [-0.2, -0.15) is 4.31 Å². The van der Waals surface area contributed by atoms with E-state index in [-0.39, 0.29) is 23.1 Å². The highest BCUT2D eigenvalue weighted by Gasteiger charge is 2.36. The molecule has 1 saturated heterocycles. The summed E-state index contributed by atoms with van der Waals surface area (Å²) in [6.07, 6.45) is 1.23. The van der Waals surface area contributed by atoms with E-state index in [1.807, 2.05) is 12.1 Å². The van der Waals surface area contributed by atoms with Crippen LogP contribution in [0, 0.1) is 19.8 Å². The third-order valence-corrected chi connectivity index (χ3v) is 7.31. The minimum absolute atomic E-state index is 0.0898. The van der Waals surface area contributed by atoms with Crippen molar-refractivity contribution in [1.82, 2.24) is 14.8 Å². The van der Waals surface area contributed by atoms with Gasteiger partial charge in [-0.05, 0) is 44.4 Å². The van der Waals surface area contributed by atoms with Gasteiger partial charge in [-0.25, -0.2) is 8.42 Å². The number of methoxy groups -OCH3 is 2. The van der Waals surface area contributed by atoms with E-state index in [0.717, 1.165) is 5.56 Å². The molecule has 1 fully saturated rings. The Labute approximate surface area is 176 Å². The van der Waals surface area contributed by atoms with Gasteiger partial charge in [-0.15, -0.1) is 0 Å². The summed E-state index contributed by atoms with van der Waals surface area (Å²) < 4.78 is 43.0. The highest BCUT2D eigenvalue weighted by atomic mass is 32.2. The normalized spacial score (nSPS) is 17.5. The van der Waals surface area contributed by atoms with Gasteiger partial charge in [0.1, 0.15) is 22.1 Å². The Morgan fingerprint density at radius 2 is 1.90 bits per heavy atom. The molecule has 2 aromatic rings. The van der Waals surface area contributed by atoms with E-state index < -0.39 is 15.9 Å². The van der Waals surface area contributed by atoms with E-state index in [9.17, 15) is 13.2 Å². The van der Waals surface area contributed by atoms with Crippen LogP contribution in [0.1, 0.15) is 29.9 Å². The number of carbonyl (C=O) groups is 1. The lowest BCUT2D eigenvalue weighted by molar-refractivity contribution is -0.126. The molecule has 1 aliphatic rings. The predicted octanol–water partition coefficient (Wildman–Crippen LogP) is 2.03. The molecule has 1 aromatic carbocycles. The molecule has 9 nitrogen and oxygen atoms in total. The number of hydrogen-bond acceptors (Lipinski definition) is 7. The van der Waals surface area contributed by atoms with Crippen LogP contribution in [0.3, 0.4) is 0 Å². The first-order chi connectivity index (χ1) is 14.3. The average molecular weight is 438 g/mol. The molecule has 0 spiro atoms. The smallest absolute Gasteiger partial charge is 0.248 e. The standard InChI is InChI=1S/C20H27N3O6S/c1-13-19(14(2)29-22-13)30(25,26)23-7-5-6-16(12-23)20(24)21-11-15-8-17(27-3)10-18(9-15)28-4/h8-10,16H,5-7,11-12H2,1-4H3,(H,21,24). The van der Waals surface area contributed by atoms with Crippen LogP contribution in [-0.4, -0.2) is 51.1 Å². The lowest BCUT2D eigenvalue weighted by Crippen LogP contribution is -2.45. The first-order valence-electron chi connectivity index (χ1n) is 9.69. The molecule has 30 heavy (non-hydrogen) atoms. The Morgan fingerprint density at radius 1 is 1.23 bits per heavy atom.